The number of ether oxygens (including phenoxy) is 1. The molecule has 0 aliphatic carbocycles. The molecule has 1 aliphatic rings. The number of aromatic nitrogens is 3. The van der Waals surface area contributed by atoms with Gasteiger partial charge in [0.1, 0.15) is 0 Å². The number of nitrogens with zero attached hydrogens (tertiary/aromatic N) is 4. The van der Waals surface area contributed by atoms with Gasteiger partial charge in [0.15, 0.2) is 0 Å². The summed E-state index contributed by atoms with van der Waals surface area (Å²) < 4.78 is 5.50. The molecule has 1 saturated heterocycles. The first-order chi connectivity index (χ1) is 9.08. The van der Waals surface area contributed by atoms with Crippen LogP contribution in [0, 0.1) is 5.92 Å². The van der Waals surface area contributed by atoms with Crippen LogP contribution in [-0.2, 0) is 0 Å². The van der Waals surface area contributed by atoms with Crippen molar-refractivity contribution in [2.75, 3.05) is 23.7 Å². The molecule has 0 atom stereocenters. The molecule has 0 unspecified atom stereocenters. The average Bonchev–Trinajstić information content (AvgIpc) is 2.37. The minimum atomic E-state index is 0.0282. The Kier molecular flexibility index (Phi) is 4.39. The van der Waals surface area contributed by atoms with Crippen molar-refractivity contribution in [3.05, 3.63) is 0 Å². The Morgan fingerprint density at radius 1 is 1.26 bits per heavy atom. The Balaban J connectivity index is 2.09. The largest absolute Gasteiger partial charge is 0.461 e. The lowest BCUT2D eigenvalue weighted by Gasteiger charge is -2.31. The molecule has 0 amide bonds. The highest BCUT2D eigenvalue weighted by molar-refractivity contribution is 5.36. The predicted molar refractivity (Wildman–Crippen MR) is 75.2 cm³/mol. The Bertz CT molecular complexity index is 415. The van der Waals surface area contributed by atoms with E-state index in [1.54, 1.807) is 0 Å². The molecule has 106 valence electrons. The predicted octanol–water partition coefficient (Wildman–Crippen LogP) is 1.87. The van der Waals surface area contributed by atoms with Crippen molar-refractivity contribution in [3.8, 4) is 6.01 Å². The highest BCUT2D eigenvalue weighted by atomic mass is 16.5. The Labute approximate surface area is 114 Å². The van der Waals surface area contributed by atoms with Crippen LogP contribution in [0.15, 0.2) is 0 Å². The van der Waals surface area contributed by atoms with E-state index in [2.05, 4.69) is 26.8 Å². The van der Waals surface area contributed by atoms with Gasteiger partial charge in [-0.15, -0.1) is 0 Å². The first-order valence-electron chi connectivity index (χ1n) is 7.01. The quantitative estimate of drug-likeness (QED) is 0.895. The molecule has 1 aliphatic heterocycles. The van der Waals surface area contributed by atoms with Crippen LogP contribution >= 0.6 is 0 Å². The van der Waals surface area contributed by atoms with Crippen LogP contribution in [0.3, 0.4) is 0 Å². The summed E-state index contributed by atoms with van der Waals surface area (Å²) in [5.74, 6) is 1.68. The average molecular weight is 265 g/mol. The minimum absolute atomic E-state index is 0.0282. The van der Waals surface area contributed by atoms with Gasteiger partial charge in [0.25, 0.3) is 0 Å². The zero-order chi connectivity index (χ0) is 13.8. The molecule has 0 aromatic carbocycles. The van der Waals surface area contributed by atoms with Gasteiger partial charge in [-0.25, -0.2) is 0 Å². The van der Waals surface area contributed by atoms with Gasteiger partial charge < -0.3 is 15.4 Å². The summed E-state index contributed by atoms with van der Waals surface area (Å²) >= 11 is 0. The van der Waals surface area contributed by atoms with Gasteiger partial charge in [0, 0.05) is 13.1 Å². The maximum atomic E-state index is 5.73. The molecular formula is C13H23N5O. The molecule has 1 aromatic rings. The van der Waals surface area contributed by atoms with E-state index in [-0.39, 0.29) is 12.1 Å². The second-order valence-corrected chi connectivity index (χ2v) is 5.28. The van der Waals surface area contributed by atoms with E-state index in [1.165, 1.54) is 19.3 Å². The van der Waals surface area contributed by atoms with Crippen molar-refractivity contribution in [1.29, 1.82) is 0 Å². The Hall–Kier alpha value is -1.59. The first-order valence-corrected chi connectivity index (χ1v) is 7.01. The fourth-order valence-electron chi connectivity index (χ4n) is 2.31. The summed E-state index contributed by atoms with van der Waals surface area (Å²) in [6, 6.07) is 0.315. The van der Waals surface area contributed by atoms with Gasteiger partial charge in [0.05, 0.1) is 6.10 Å². The van der Waals surface area contributed by atoms with Crippen LogP contribution < -0.4 is 15.4 Å². The summed E-state index contributed by atoms with van der Waals surface area (Å²) in [7, 11) is 0. The summed E-state index contributed by atoms with van der Waals surface area (Å²) in [6.45, 7) is 8.07. The zero-order valence-corrected chi connectivity index (χ0v) is 12.0. The highest BCUT2D eigenvalue weighted by Crippen LogP contribution is 2.24. The van der Waals surface area contributed by atoms with Gasteiger partial charge in [-0.1, -0.05) is 13.3 Å². The molecule has 19 heavy (non-hydrogen) atoms. The molecule has 0 bridgehead atoms. The van der Waals surface area contributed by atoms with E-state index < -0.39 is 0 Å². The lowest BCUT2D eigenvalue weighted by atomic mass is 9.95. The number of anilines is 2. The van der Waals surface area contributed by atoms with Crippen molar-refractivity contribution < 1.29 is 4.74 Å². The number of nitrogens with two attached hydrogens (primary N) is 1. The third kappa shape index (κ3) is 3.68. The van der Waals surface area contributed by atoms with Crippen LogP contribution in [0.5, 0.6) is 6.01 Å². The minimum Gasteiger partial charge on any atom is -0.461 e. The first kappa shape index (κ1) is 13.8. The van der Waals surface area contributed by atoms with Crippen molar-refractivity contribution in [1.82, 2.24) is 15.0 Å². The van der Waals surface area contributed by atoms with E-state index in [1.807, 2.05) is 13.8 Å². The second kappa shape index (κ2) is 6.04. The summed E-state index contributed by atoms with van der Waals surface area (Å²) in [6.07, 6.45) is 3.64. The van der Waals surface area contributed by atoms with Gasteiger partial charge in [-0.2, -0.15) is 15.0 Å². The summed E-state index contributed by atoms with van der Waals surface area (Å²) in [4.78, 5) is 14.7. The topological polar surface area (TPSA) is 77.2 Å². The van der Waals surface area contributed by atoms with Gasteiger partial charge in [-0.05, 0) is 32.6 Å². The Morgan fingerprint density at radius 3 is 2.53 bits per heavy atom. The molecule has 2 heterocycles. The lowest BCUT2D eigenvalue weighted by molar-refractivity contribution is 0.222. The van der Waals surface area contributed by atoms with Crippen molar-refractivity contribution in [2.24, 2.45) is 5.92 Å². The number of hydrogen-bond acceptors (Lipinski definition) is 6. The monoisotopic (exact) mass is 265 g/mol. The van der Waals surface area contributed by atoms with Crippen LogP contribution in [0.2, 0.25) is 0 Å². The van der Waals surface area contributed by atoms with Gasteiger partial charge in [0.2, 0.25) is 11.9 Å². The van der Waals surface area contributed by atoms with E-state index in [9.17, 15) is 0 Å². The number of piperidine rings is 1. The number of rotatable bonds is 4. The molecule has 6 nitrogen and oxygen atoms in total. The van der Waals surface area contributed by atoms with Gasteiger partial charge in [-0.3, -0.25) is 0 Å². The molecule has 1 fully saturated rings. The Morgan fingerprint density at radius 2 is 1.95 bits per heavy atom. The van der Waals surface area contributed by atoms with E-state index in [4.69, 9.17) is 10.5 Å². The van der Waals surface area contributed by atoms with Crippen LogP contribution in [-0.4, -0.2) is 34.1 Å². The number of hydrogen-bond donors (Lipinski definition) is 1. The normalized spacial score (nSPS) is 16.9. The van der Waals surface area contributed by atoms with Crippen molar-refractivity contribution in [2.45, 2.75) is 46.1 Å². The van der Waals surface area contributed by atoms with Gasteiger partial charge >= 0.3 is 6.01 Å². The molecule has 2 N–H and O–H groups in total. The standard InChI is InChI=1S/C13H23N5O/c1-4-10-5-7-18(8-6-10)12-15-11(14)16-13(17-12)19-9(2)3/h9-10H,4-8H2,1-3H3,(H2,14,15,16,17). The maximum Gasteiger partial charge on any atom is 0.323 e. The molecule has 6 heteroatoms. The lowest BCUT2D eigenvalue weighted by Crippen LogP contribution is -2.35. The van der Waals surface area contributed by atoms with E-state index >= 15 is 0 Å². The third-order valence-electron chi connectivity index (χ3n) is 3.44. The fourth-order valence-corrected chi connectivity index (χ4v) is 2.31. The molecule has 0 radical (unpaired) electrons. The van der Waals surface area contributed by atoms with E-state index in [0.29, 0.717) is 12.0 Å². The van der Waals surface area contributed by atoms with Crippen LogP contribution in [0.1, 0.15) is 40.0 Å². The molecule has 0 saturated carbocycles. The SMILES string of the molecule is CCC1CCN(c2nc(N)nc(OC(C)C)n2)CC1. The molecule has 1 aromatic heterocycles. The van der Waals surface area contributed by atoms with Crippen molar-refractivity contribution >= 4 is 11.9 Å². The zero-order valence-electron chi connectivity index (χ0n) is 12.0. The summed E-state index contributed by atoms with van der Waals surface area (Å²) in [5, 5.41) is 0. The van der Waals surface area contributed by atoms with Crippen LogP contribution in [0.25, 0.3) is 0 Å². The highest BCUT2D eigenvalue weighted by Gasteiger charge is 2.21. The maximum absolute atomic E-state index is 5.73. The van der Waals surface area contributed by atoms with Crippen molar-refractivity contribution in [3.63, 3.8) is 0 Å². The smallest absolute Gasteiger partial charge is 0.323 e. The summed E-state index contributed by atoms with van der Waals surface area (Å²) in [5.41, 5.74) is 5.73. The second-order valence-electron chi connectivity index (χ2n) is 5.28. The number of nitrogen functional groups attached to an aromatic ring is 1. The third-order valence-corrected chi connectivity index (χ3v) is 3.44. The molecule has 2 rings (SSSR count). The fraction of sp³-hybridized carbons (Fsp3) is 0.769. The molecule has 0 spiro atoms. The van der Waals surface area contributed by atoms with Crippen LogP contribution in [0.4, 0.5) is 11.9 Å². The molecular weight excluding hydrogens is 242 g/mol. The van der Waals surface area contributed by atoms with E-state index in [0.717, 1.165) is 19.0 Å².